The van der Waals surface area contributed by atoms with Gasteiger partial charge in [0.2, 0.25) is 6.79 Å². The number of aryl methyl sites for hydroxylation is 1. The largest absolute Gasteiger partial charge is 0.496 e. The van der Waals surface area contributed by atoms with E-state index in [0.717, 1.165) is 98.4 Å². The Labute approximate surface area is 259 Å². The SMILES string of the molecule is CCCCCc1cc(=O)oc2c([C@H](CCN3CCN(c4ccccc4)CC3)c3ccc4c(c3)OCO4)c(OC)cc(OC)c12. The van der Waals surface area contributed by atoms with Crippen molar-refractivity contribution in [3.63, 3.8) is 0 Å². The lowest BCUT2D eigenvalue weighted by atomic mass is 9.85. The molecule has 3 aromatic carbocycles. The Hall–Kier alpha value is -4.17. The summed E-state index contributed by atoms with van der Waals surface area (Å²) in [6.07, 6.45) is 4.75. The summed E-state index contributed by atoms with van der Waals surface area (Å²) in [6.45, 7) is 7.16. The average Bonchev–Trinajstić information content (AvgIpc) is 3.53. The Morgan fingerprint density at radius 1 is 0.864 bits per heavy atom. The van der Waals surface area contributed by atoms with Crippen LogP contribution in [0.1, 0.15) is 55.2 Å². The molecule has 232 valence electrons. The number of para-hydroxylation sites is 1. The first-order valence-electron chi connectivity index (χ1n) is 15.7. The van der Waals surface area contributed by atoms with Crippen LogP contribution in [0.3, 0.4) is 0 Å². The summed E-state index contributed by atoms with van der Waals surface area (Å²) in [5.41, 5.74) is 4.32. The molecule has 1 saturated heterocycles. The number of hydrogen-bond acceptors (Lipinski definition) is 8. The van der Waals surface area contributed by atoms with Gasteiger partial charge in [-0.05, 0) is 61.2 Å². The maximum atomic E-state index is 13.1. The maximum Gasteiger partial charge on any atom is 0.336 e. The van der Waals surface area contributed by atoms with E-state index in [1.165, 1.54) is 5.69 Å². The van der Waals surface area contributed by atoms with Crippen LogP contribution in [-0.4, -0.2) is 58.6 Å². The molecule has 0 spiro atoms. The highest BCUT2D eigenvalue weighted by Gasteiger charge is 2.29. The average molecular weight is 599 g/mol. The Morgan fingerprint density at radius 2 is 1.64 bits per heavy atom. The minimum absolute atomic E-state index is 0.131. The van der Waals surface area contributed by atoms with Crippen molar-refractivity contribution in [1.82, 2.24) is 4.90 Å². The third-order valence-electron chi connectivity index (χ3n) is 8.93. The van der Waals surface area contributed by atoms with E-state index in [1.54, 1.807) is 20.3 Å². The number of benzene rings is 3. The minimum atomic E-state index is -0.359. The topological polar surface area (TPSA) is 73.6 Å². The number of anilines is 1. The summed E-state index contributed by atoms with van der Waals surface area (Å²) in [7, 11) is 3.31. The summed E-state index contributed by atoms with van der Waals surface area (Å²) < 4.78 is 29.4. The fraction of sp³-hybridized carbons (Fsp3) is 0.417. The summed E-state index contributed by atoms with van der Waals surface area (Å²) >= 11 is 0. The van der Waals surface area contributed by atoms with Crippen LogP contribution in [-0.2, 0) is 6.42 Å². The van der Waals surface area contributed by atoms with Crippen molar-refractivity contribution in [2.24, 2.45) is 0 Å². The van der Waals surface area contributed by atoms with E-state index in [0.29, 0.717) is 17.1 Å². The van der Waals surface area contributed by atoms with Crippen LogP contribution in [0.2, 0.25) is 0 Å². The molecule has 8 heteroatoms. The molecule has 1 atom stereocenters. The number of rotatable bonds is 12. The lowest BCUT2D eigenvalue weighted by Gasteiger charge is -2.36. The molecule has 0 N–H and O–H groups in total. The van der Waals surface area contributed by atoms with Crippen molar-refractivity contribution in [3.05, 3.63) is 87.8 Å². The highest BCUT2D eigenvalue weighted by Crippen LogP contribution is 2.46. The van der Waals surface area contributed by atoms with Crippen LogP contribution < -0.4 is 29.5 Å². The Balaban J connectivity index is 1.38. The van der Waals surface area contributed by atoms with Crippen LogP contribution in [0.25, 0.3) is 11.0 Å². The third kappa shape index (κ3) is 6.22. The first kappa shape index (κ1) is 29.9. The molecule has 1 fully saturated rings. The Kier molecular flexibility index (Phi) is 9.26. The van der Waals surface area contributed by atoms with Gasteiger partial charge in [0.15, 0.2) is 11.5 Å². The van der Waals surface area contributed by atoms with Crippen LogP contribution in [0.15, 0.2) is 69.9 Å². The summed E-state index contributed by atoms with van der Waals surface area (Å²) in [5, 5.41) is 0.848. The lowest BCUT2D eigenvalue weighted by Crippen LogP contribution is -2.46. The van der Waals surface area contributed by atoms with Gasteiger partial charge in [-0.25, -0.2) is 4.79 Å². The van der Waals surface area contributed by atoms with Gasteiger partial charge in [0.1, 0.15) is 17.1 Å². The van der Waals surface area contributed by atoms with E-state index in [4.69, 9.17) is 23.4 Å². The fourth-order valence-corrected chi connectivity index (χ4v) is 6.59. The van der Waals surface area contributed by atoms with Crippen LogP contribution >= 0.6 is 0 Å². The molecular weight excluding hydrogens is 556 g/mol. The Morgan fingerprint density at radius 3 is 2.39 bits per heavy atom. The molecular formula is C36H42N2O6. The zero-order valence-electron chi connectivity index (χ0n) is 26.0. The van der Waals surface area contributed by atoms with Gasteiger partial charge in [0, 0.05) is 55.5 Å². The molecule has 8 nitrogen and oxygen atoms in total. The first-order chi connectivity index (χ1) is 21.6. The molecule has 0 bridgehead atoms. The quantitative estimate of drug-likeness (QED) is 0.133. The van der Waals surface area contributed by atoms with Crippen molar-refractivity contribution < 1.29 is 23.4 Å². The highest BCUT2D eigenvalue weighted by atomic mass is 16.7. The van der Waals surface area contributed by atoms with Gasteiger partial charge in [-0.2, -0.15) is 0 Å². The predicted molar refractivity (Wildman–Crippen MR) is 173 cm³/mol. The summed E-state index contributed by atoms with van der Waals surface area (Å²) in [4.78, 5) is 18.0. The zero-order valence-corrected chi connectivity index (χ0v) is 26.0. The van der Waals surface area contributed by atoms with Crippen molar-refractivity contribution in [2.75, 3.05) is 58.6 Å². The fourth-order valence-electron chi connectivity index (χ4n) is 6.59. The first-order valence-corrected chi connectivity index (χ1v) is 15.7. The standard InChI is InChI=1S/C36H42N2O6/c1-4-5-7-10-26-22-33(39)44-36-34(26)31(40-2)23-32(41-3)35(36)28(25-13-14-29-30(21-25)43-24-42-29)15-16-37-17-19-38(20-18-37)27-11-8-6-9-12-27/h6,8-9,11-14,21-23,28H,4-5,7,10,15-20,24H2,1-3H3/t28-/m1/s1. The summed E-state index contributed by atoms with van der Waals surface area (Å²) in [6, 6.07) is 20.3. The van der Waals surface area contributed by atoms with E-state index < -0.39 is 0 Å². The number of unbranched alkanes of at least 4 members (excludes halogenated alkanes) is 2. The monoisotopic (exact) mass is 598 g/mol. The van der Waals surface area contributed by atoms with E-state index in [2.05, 4.69) is 59.2 Å². The van der Waals surface area contributed by atoms with E-state index in [1.807, 2.05) is 12.1 Å². The number of ether oxygens (including phenoxy) is 4. The second-order valence-electron chi connectivity index (χ2n) is 11.6. The normalized spacial score (nSPS) is 15.5. The van der Waals surface area contributed by atoms with Gasteiger partial charge in [-0.1, -0.05) is 44.0 Å². The lowest BCUT2D eigenvalue weighted by molar-refractivity contribution is 0.174. The molecule has 4 aromatic rings. The van der Waals surface area contributed by atoms with E-state index >= 15 is 0 Å². The van der Waals surface area contributed by atoms with Gasteiger partial charge in [0.25, 0.3) is 0 Å². The van der Waals surface area contributed by atoms with Crippen molar-refractivity contribution >= 4 is 16.7 Å². The van der Waals surface area contributed by atoms with Crippen molar-refractivity contribution in [2.45, 2.75) is 44.9 Å². The number of nitrogens with zero attached hydrogens (tertiary/aromatic N) is 2. The van der Waals surface area contributed by atoms with Gasteiger partial charge >= 0.3 is 5.63 Å². The number of fused-ring (bicyclic) bond motifs is 2. The maximum absolute atomic E-state index is 13.1. The molecule has 0 radical (unpaired) electrons. The van der Waals surface area contributed by atoms with Gasteiger partial charge in [-0.15, -0.1) is 0 Å². The highest BCUT2D eigenvalue weighted by molar-refractivity contribution is 5.92. The zero-order chi connectivity index (χ0) is 30.5. The molecule has 0 saturated carbocycles. The molecule has 0 unspecified atom stereocenters. The van der Waals surface area contributed by atoms with Gasteiger partial charge in [-0.3, -0.25) is 4.90 Å². The van der Waals surface area contributed by atoms with E-state index in [9.17, 15) is 4.79 Å². The summed E-state index contributed by atoms with van der Waals surface area (Å²) in [5.74, 6) is 2.62. The molecule has 6 rings (SSSR count). The van der Waals surface area contributed by atoms with Crippen molar-refractivity contribution in [1.29, 1.82) is 0 Å². The molecule has 2 aliphatic rings. The van der Waals surface area contributed by atoms with Crippen LogP contribution in [0, 0.1) is 0 Å². The molecule has 3 heterocycles. The molecule has 44 heavy (non-hydrogen) atoms. The third-order valence-corrected chi connectivity index (χ3v) is 8.93. The molecule has 0 amide bonds. The van der Waals surface area contributed by atoms with Gasteiger partial charge in [0.05, 0.1) is 19.6 Å². The number of methoxy groups -OCH3 is 2. The Bertz CT molecular complexity index is 1630. The second-order valence-corrected chi connectivity index (χ2v) is 11.6. The molecule has 2 aliphatic heterocycles. The predicted octanol–water partition coefficient (Wildman–Crippen LogP) is 6.62. The minimum Gasteiger partial charge on any atom is -0.496 e. The van der Waals surface area contributed by atoms with Gasteiger partial charge < -0.3 is 28.3 Å². The number of piperazine rings is 1. The molecule has 0 aliphatic carbocycles. The van der Waals surface area contributed by atoms with Crippen LogP contribution in [0.5, 0.6) is 23.0 Å². The van der Waals surface area contributed by atoms with Crippen molar-refractivity contribution in [3.8, 4) is 23.0 Å². The van der Waals surface area contributed by atoms with Crippen LogP contribution in [0.4, 0.5) is 5.69 Å². The smallest absolute Gasteiger partial charge is 0.336 e. The number of hydrogen-bond donors (Lipinski definition) is 0. The van der Waals surface area contributed by atoms with E-state index in [-0.39, 0.29) is 18.3 Å². The molecule has 1 aromatic heterocycles. The second kappa shape index (κ2) is 13.6.